The Balaban J connectivity index is 2.61. The van der Waals surface area contributed by atoms with Gasteiger partial charge in [-0.25, -0.2) is 14.4 Å². The fourth-order valence-electron chi connectivity index (χ4n) is 2.50. The zero-order chi connectivity index (χ0) is 26.5. The molecule has 0 spiro atoms. The van der Waals surface area contributed by atoms with Crippen LogP contribution < -0.4 is 16.0 Å². The van der Waals surface area contributed by atoms with E-state index in [2.05, 4.69) is 20.9 Å². The van der Waals surface area contributed by atoms with Crippen molar-refractivity contribution in [3.8, 4) is 0 Å². The number of carbonyl (C=O) groups excluding carboxylic acids is 4. The average Bonchev–Trinajstić information content (AvgIpc) is 2.72. The zero-order valence-electron chi connectivity index (χ0n) is 21.2. The van der Waals surface area contributed by atoms with E-state index < -0.39 is 35.5 Å². The molecule has 194 valence electrons. The molecule has 0 radical (unpaired) electrons. The summed E-state index contributed by atoms with van der Waals surface area (Å²) in [5.74, 6) is -0.161. The van der Waals surface area contributed by atoms with E-state index >= 15 is 0 Å². The molecule has 1 aromatic rings. The third-order valence-electron chi connectivity index (χ3n) is 3.86. The summed E-state index contributed by atoms with van der Waals surface area (Å²) in [6.07, 6.45) is -1.10. The molecule has 0 aliphatic carbocycles. The molecule has 1 unspecified atom stereocenters. The number of amides is 3. The molecule has 1 rings (SSSR count). The van der Waals surface area contributed by atoms with Crippen LogP contribution in [0.15, 0.2) is 35.3 Å². The van der Waals surface area contributed by atoms with E-state index in [0.717, 1.165) is 5.56 Å². The molecule has 0 heterocycles. The summed E-state index contributed by atoms with van der Waals surface area (Å²) >= 11 is 0. The first-order chi connectivity index (χ1) is 16.3. The Bertz CT molecular complexity index is 842. The summed E-state index contributed by atoms with van der Waals surface area (Å²) in [5, 5.41) is 7.23. The van der Waals surface area contributed by atoms with Gasteiger partial charge in [0, 0.05) is 6.54 Å². The van der Waals surface area contributed by atoms with Crippen LogP contribution in [0.5, 0.6) is 0 Å². The Labute approximate surface area is 206 Å². The second kappa shape index (κ2) is 13.9. The third kappa shape index (κ3) is 15.0. The van der Waals surface area contributed by atoms with E-state index in [1.807, 2.05) is 30.3 Å². The predicted molar refractivity (Wildman–Crippen MR) is 130 cm³/mol. The van der Waals surface area contributed by atoms with Gasteiger partial charge in [0.1, 0.15) is 24.1 Å². The van der Waals surface area contributed by atoms with Crippen LogP contribution in [-0.4, -0.2) is 54.3 Å². The van der Waals surface area contributed by atoms with E-state index in [-0.39, 0.29) is 25.5 Å². The summed E-state index contributed by atoms with van der Waals surface area (Å²) in [6, 6.07) is 8.36. The highest BCUT2D eigenvalue weighted by atomic mass is 16.6. The molecule has 0 aliphatic rings. The number of nitrogens with zero attached hydrogens (tertiary/aromatic N) is 1. The number of nitrogens with one attached hydrogen (secondary N) is 3. The van der Waals surface area contributed by atoms with Gasteiger partial charge in [-0.05, 0) is 59.9 Å². The van der Waals surface area contributed by atoms with Gasteiger partial charge in [0.05, 0.1) is 6.04 Å². The molecule has 0 saturated heterocycles. The smallest absolute Gasteiger partial charge is 0.414 e. The minimum Gasteiger partial charge on any atom is -0.445 e. The van der Waals surface area contributed by atoms with Crippen LogP contribution in [0.1, 0.15) is 59.9 Å². The van der Waals surface area contributed by atoms with Crippen LogP contribution in [-0.2, 0) is 25.6 Å². The lowest BCUT2D eigenvalue weighted by molar-refractivity contribution is -0.109. The van der Waals surface area contributed by atoms with Gasteiger partial charge < -0.3 is 24.3 Å². The molecule has 3 amide bonds. The van der Waals surface area contributed by atoms with Gasteiger partial charge in [0.25, 0.3) is 0 Å². The molecular weight excluding hydrogens is 456 g/mol. The number of aldehydes is 1. The minimum atomic E-state index is -0.805. The Hall–Kier alpha value is -3.63. The van der Waals surface area contributed by atoms with Crippen molar-refractivity contribution in [2.45, 2.75) is 78.2 Å². The van der Waals surface area contributed by atoms with Gasteiger partial charge >= 0.3 is 18.3 Å². The first kappa shape index (κ1) is 29.4. The summed E-state index contributed by atoms with van der Waals surface area (Å²) in [6.45, 7) is 10.4. The Kier molecular flexibility index (Phi) is 11.7. The highest BCUT2D eigenvalue weighted by Gasteiger charge is 2.21. The van der Waals surface area contributed by atoms with E-state index in [1.54, 1.807) is 41.5 Å². The Morgan fingerprint density at radius 1 is 0.914 bits per heavy atom. The summed E-state index contributed by atoms with van der Waals surface area (Å²) in [5.41, 5.74) is -0.680. The molecule has 0 bridgehead atoms. The number of hydrogen-bond acceptors (Lipinski definition) is 8. The molecule has 0 aromatic heterocycles. The van der Waals surface area contributed by atoms with Crippen molar-refractivity contribution in [2.24, 2.45) is 4.99 Å². The molecule has 1 aromatic carbocycles. The van der Waals surface area contributed by atoms with Crippen LogP contribution in [0.2, 0.25) is 0 Å². The van der Waals surface area contributed by atoms with Crippen molar-refractivity contribution >= 4 is 30.5 Å². The number of hydrogen-bond donors (Lipinski definition) is 3. The van der Waals surface area contributed by atoms with Gasteiger partial charge in [0.15, 0.2) is 0 Å². The highest BCUT2D eigenvalue weighted by Crippen LogP contribution is 2.08. The van der Waals surface area contributed by atoms with Crippen molar-refractivity contribution < 1.29 is 33.4 Å². The van der Waals surface area contributed by atoms with Crippen LogP contribution in [0.3, 0.4) is 0 Å². The zero-order valence-corrected chi connectivity index (χ0v) is 21.2. The second-order valence-corrected chi connectivity index (χ2v) is 9.57. The lowest BCUT2D eigenvalue weighted by atomic mass is 10.2. The van der Waals surface area contributed by atoms with Gasteiger partial charge in [0.2, 0.25) is 5.96 Å². The summed E-state index contributed by atoms with van der Waals surface area (Å²) < 4.78 is 15.5. The molecule has 0 aliphatic heterocycles. The molecule has 11 heteroatoms. The average molecular weight is 493 g/mol. The maximum Gasteiger partial charge on any atom is 0.414 e. The molecule has 3 N–H and O–H groups in total. The fourth-order valence-corrected chi connectivity index (χ4v) is 2.50. The quantitative estimate of drug-likeness (QED) is 0.165. The molecule has 35 heavy (non-hydrogen) atoms. The van der Waals surface area contributed by atoms with Crippen molar-refractivity contribution in [1.82, 2.24) is 16.0 Å². The van der Waals surface area contributed by atoms with Crippen molar-refractivity contribution in [3.63, 3.8) is 0 Å². The number of ether oxygens (including phenoxy) is 3. The Morgan fingerprint density at radius 2 is 1.46 bits per heavy atom. The van der Waals surface area contributed by atoms with Gasteiger partial charge in [-0.15, -0.1) is 0 Å². The molecule has 11 nitrogen and oxygen atoms in total. The topological polar surface area (TPSA) is 144 Å². The lowest BCUT2D eigenvalue weighted by Crippen LogP contribution is -2.47. The highest BCUT2D eigenvalue weighted by molar-refractivity contribution is 6.01. The lowest BCUT2D eigenvalue weighted by Gasteiger charge is -2.22. The van der Waals surface area contributed by atoms with Crippen LogP contribution in [0, 0.1) is 0 Å². The molecule has 0 fully saturated rings. The van der Waals surface area contributed by atoms with E-state index in [1.165, 1.54) is 0 Å². The van der Waals surface area contributed by atoms with E-state index in [4.69, 9.17) is 14.2 Å². The first-order valence-corrected chi connectivity index (χ1v) is 11.2. The minimum absolute atomic E-state index is 0.0819. The SMILES string of the molecule is CC(C)(C)OC(=O)NC(=NCCCC(C=O)NC(=O)OCc1ccccc1)NC(=O)OC(C)(C)C. The largest absolute Gasteiger partial charge is 0.445 e. The number of benzene rings is 1. The van der Waals surface area contributed by atoms with Gasteiger partial charge in [-0.1, -0.05) is 30.3 Å². The first-order valence-electron chi connectivity index (χ1n) is 11.2. The molecule has 0 saturated carbocycles. The van der Waals surface area contributed by atoms with Crippen molar-refractivity contribution in [1.29, 1.82) is 0 Å². The van der Waals surface area contributed by atoms with Crippen LogP contribution in [0.4, 0.5) is 14.4 Å². The number of guanidine groups is 1. The molecule has 1 atom stereocenters. The van der Waals surface area contributed by atoms with Gasteiger partial charge in [-0.3, -0.25) is 15.6 Å². The van der Waals surface area contributed by atoms with Gasteiger partial charge in [-0.2, -0.15) is 0 Å². The second-order valence-electron chi connectivity index (χ2n) is 9.57. The maximum absolute atomic E-state index is 12.1. The van der Waals surface area contributed by atoms with Crippen molar-refractivity contribution in [3.05, 3.63) is 35.9 Å². The number of rotatable bonds is 8. The fraction of sp³-hybridized carbons (Fsp3) is 0.542. The third-order valence-corrected chi connectivity index (χ3v) is 3.86. The summed E-state index contributed by atoms with van der Waals surface area (Å²) in [4.78, 5) is 51.6. The standard InChI is InChI=1S/C24H36N4O7/c1-23(2,3)34-21(31)27-19(28-22(32)35-24(4,5)6)25-14-10-13-18(15-29)26-20(30)33-16-17-11-8-7-9-12-17/h7-9,11-12,15,18H,10,13-14,16H2,1-6H3,(H,26,30)(H2,25,27,28,31,32). The number of carbonyl (C=O) groups is 4. The van der Waals surface area contributed by atoms with Crippen molar-refractivity contribution in [2.75, 3.05) is 6.54 Å². The van der Waals surface area contributed by atoms with Crippen LogP contribution >= 0.6 is 0 Å². The number of aliphatic imine (C=N–C) groups is 1. The monoisotopic (exact) mass is 492 g/mol. The normalized spacial score (nSPS) is 11.9. The predicted octanol–water partition coefficient (Wildman–Crippen LogP) is 3.67. The van der Waals surface area contributed by atoms with E-state index in [9.17, 15) is 19.2 Å². The Morgan fingerprint density at radius 3 is 1.94 bits per heavy atom. The maximum atomic E-state index is 12.1. The molecular formula is C24H36N4O7. The van der Waals surface area contributed by atoms with E-state index in [0.29, 0.717) is 12.7 Å². The number of alkyl carbamates (subject to hydrolysis) is 3. The van der Waals surface area contributed by atoms with Crippen LogP contribution in [0.25, 0.3) is 0 Å². The summed E-state index contributed by atoms with van der Waals surface area (Å²) in [7, 11) is 0.